The summed E-state index contributed by atoms with van der Waals surface area (Å²) in [6, 6.07) is 5.52. The molecule has 1 aliphatic carbocycles. The third-order valence-electron chi connectivity index (χ3n) is 6.09. The van der Waals surface area contributed by atoms with Crippen molar-refractivity contribution in [3.63, 3.8) is 0 Å². The number of aliphatic imine (C=N–C) groups is 1. The molecule has 1 amide bonds. The maximum Gasteiger partial charge on any atom is 0.219 e. The van der Waals surface area contributed by atoms with Gasteiger partial charge < -0.3 is 14.4 Å². The van der Waals surface area contributed by atoms with E-state index in [0.717, 1.165) is 38.3 Å². The number of hydrogen-bond acceptors (Lipinski definition) is 7. The topological polar surface area (TPSA) is 88.5 Å². The van der Waals surface area contributed by atoms with Gasteiger partial charge in [0.05, 0.1) is 20.8 Å². The van der Waals surface area contributed by atoms with Crippen LogP contribution in [0.2, 0.25) is 0 Å². The number of hydrogen-bond donors (Lipinski definition) is 0. The number of nitrogens with zero attached hydrogens (tertiary/aromatic N) is 3. The lowest BCUT2D eigenvalue weighted by Gasteiger charge is -2.33. The maximum absolute atomic E-state index is 12.6. The van der Waals surface area contributed by atoms with Crippen LogP contribution in [0.15, 0.2) is 23.2 Å². The van der Waals surface area contributed by atoms with E-state index in [9.17, 15) is 14.4 Å². The second-order valence-electron chi connectivity index (χ2n) is 8.03. The van der Waals surface area contributed by atoms with Crippen LogP contribution in [0.4, 0.5) is 0 Å². The van der Waals surface area contributed by atoms with Crippen LogP contribution in [0, 0.1) is 5.92 Å². The molecule has 2 aliphatic rings. The molecular formula is C23H31N3O5. The van der Waals surface area contributed by atoms with Crippen LogP contribution >= 0.6 is 0 Å². The summed E-state index contributed by atoms with van der Waals surface area (Å²) >= 11 is 0. The minimum Gasteiger partial charge on any atom is -0.493 e. The van der Waals surface area contributed by atoms with Crippen LogP contribution in [0.3, 0.4) is 0 Å². The summed E-state index contributed by atoms with van der Waals surface area (Å²) in [4.78, 5) is 45.1. The van der Waals surface area contributed by atoms with Crippen LogP contribution in [0.5, 0.6) is 11.5 Å². The Morgan fingerprint density at radius 2 is 1.71 bits per heavy atom. The van der Waals surface area contributed by atoms with E-state index in [-0.39, 0.29) is 23.4 Å². The lowest BCUT2D eigenvalue weighted by molar-refractivity contribution is -0.133. The summed E-state index contributed by atoms with van der Waals surface area (Å²) in [6.45, 7) is 5.99. The number of rotatable bonds is 7. The van der Waals surface area contributed by atoms with Crippen molar-refractivity contribution in [3.05, 3.63) is 23.8 Å². The average molecular weight is 430 g/mol. The first-order valence-electron chi connectivity index (χ1n) is 10.7. The monoisotopic (exact) mass is 429 g/mol. The number of ether oxygens (including phenoxy) is 2. The third-order valence-corrected chi connectivity index (χ3v) is 6.09. The first-order chi connectivity index (χ1) is 14.9. The number of amides is 1. The van der Waals surface area contributed by atoms with Gasteiger partial charge in [-0.15, -0.1) is 0 Å². The second kappa shape index (κ2) is 10.5. The fourth-order valence-electron chi connectivity index (χ4n) is 4.17. The summed E-state index contributed by atoms with van der Waals surface area (Å²) in [6.07, 6.45) is 2.15. The molecule has 1 aliphatic heterocycles. The van der Waals surface area contributed by atoms with Crippen molar-refractivity contribution in [3.8, 4) is 11.5 Å². The molecule has 8 heteroatoms. The van der Waals surface area contributed by atoms with Crippen molar-refractivity contribution in [1.82, 2.24) is 9.80 Å². The van der Waals surface area contributed by atoms with E-state index in [1.165, 1.54) is 6.21 Å². The van der Waals surface area contributed by atoms with Gasteiger partial charge >= 0.3 is 0 Å². The number of carbonyl (C=O) groups excluding carboxylic acids is 3. The molecule has 1 saturated carbocycles. The van der Waals surface area contributed by atoms with Crippen LogP contribution in [0.25, 0.3) is 0 Å². The van der Waals surface area contributed by atoms with Gasteiger partial charge in [0.15, 0.2) is 11.5 Å². The normalized spacial score (nSPS) is 22.7. The lowest BCUT2D eigenvalue weighted by Crippen LogP contribution is -2.48. The van der Waals surface area contributed by atoms with Crippen molar-refractivity contribution in [1.29, 1.82) is 0 Å². The van der Waals surface area contributed by atoms with E-state index >= 15 is 0 Å². The molecule has 8 nitrogen and oxygen atoms in total. The molecule has 0 bridgehead atoms. The molecule has 1 aromatic rings. The number of ketones is 2. The van der Waals surface area contributed by atoms with Crippen LogP contribution < -0.4 is 9.47 Å². The Kier molecular flexibility index (Phi) is 7.79. The highest BCUT2D eigenvalue weighted by Gasteiger charge is 2.35. The molecule has 168 valence electrons. The zero-order chi connectivity index (χ0) is 22.4. The molecule has 0 atom stereocenters. The highest BCUT2D eigenvalue weighted by molar-refractivity contribution is 6.16. The van der Waals surface area contributed by atoms with E-state index in [2.05, 4.69) is 9.89 Å². The zero-order valence-corrected chi connectivity index (χ0v) is 18.5. The predicted molar refractivity (Wildman–Crippen MR) is 117 cm³/mol. The first-order valence-corrected chi connectivity index (χ1v) is 10.7. The van der Waals surface area contributed by atoms with Crippen molar-refractivity contribution in [2.75, 3.05) is 53.5 Å². The number of benzene rings is 1. The number of methoxy groups -OCH3 is 2. The lowest BCUT2D eigenvalue weighted by atomic mass is 9.77. The van der Waals surface area contributed by atoms with Gasteiger partial charge in [0.2, 0.25) is 5.91 Å². The largest absolute Gasteiger partial charge is 0.493 e. The van der Waals surface area contributed by atoms with Gasteiger partial charge in [-0.3, -0.25) is 24.3 Å². The summed E-state index contributed by atoms with van der Waals surface area (Å²) < 4.78 is 10.6. The molecule has 3 rings (SSSR count). The number of carbonyl (C=O) groups is 3. The van der Waals surface area contributed by atoms with Gasteiger partial charge in [-0.25, -0.2) is 0 Å². The highest BCUT2D eigenvalue weighted by atomic mass is 16.5. The Bertz CT molecular complexity index is 828. The van der Waals surface area contributed by atoms with E-state index in [1.807, 2.05) is 17.0 Å². The first kappa shape index (κ1) is 22.9. The Morgan fingerprint density at radius 1 is 1.06 bits per heavy atom. The predicted octanol–water partition coefficient (Wildman–Crippen LogP) is 1.57. The molecule has 0 unspecified atom stereocenters. The minimum atomic E-state index is -0.744. The van der Waals surface area contributed by atoms with Crippen molar-refractivity contribution >= 4 is 23.7 Å². The molecular weight excluding hydrogens is 398 g/mol. The Morgan fingerprint density at radius 3 is 2.29 bits per heavy atom. The average Bonchev–Trinajstić information content (AvgIpc) is 2.77. The summed E-state index contributed by atoms with van der Waals surface area (Å²) in [5.41, 5.74) is 0.902. The third kappa shape index (κ3) is 5.70. The quantitative estimate of drug-likeness (QED) is 0.483. The van der Waals surface area contributed by atoms with E-state index < -0.39 is 5.92 Å². The van der Waals surface area contributed by atoms with Gasteiger partial charge in [0.1, 0.15) is 17.5 Å². The molecule has 0 aromatic heterocycles. The highest BCUT2D eigenvalue weighted by Crippen LogP contribution is 2.36. The Hall–Kier alpha value is -2.74. The molecule has 1 aromatic carbocycles. The van der Waals surface area contributed by atoms with E-state index in [4.69, 9.17) is 9.47 Å². The van der Waals surface area contributed by atoms with Crippen molar-refractivity contribution in [2.45, 2.75) is 25.7 Å². The summed E-state index contributed by atoms with van der Waals surface area (Å²) in [5, 5.41) is 0. The molecule has 31 heavy (non-hydrogen) atoms. The SMILES string of the molecule is COc1ccc(C2CC(=O)C(C=NCCN3CCN(C(C)=O)CC3)C(=O)C2)cc1OC. The van der Waals surface area contributed by atoms with Gasteiger partial charge in [0, 0.05) is 58.7 Å². The van der Waals surface area contributed by atoms with Crippen molar-refractivity contribution in [2.24, 2.45) is 10.9 Å². The fourth-order valence-corrected chi connectivity index (χ4v) is 4.17. The van der Waals surface area contributed by atoms with Crippen LogP contribution in [-0.4, -0.2) is 87.0 Å². The maximum atomic E-state index is 12.6. The van der Waals surface area contributed by atoms with Gasteiger partial charge in [-0.1, -0.05) is 6.07 Å². The zero-order valence-electron chi connectivity index (χ0n) is 18.5. The number of Topliss-reactive ketones (excluding diaryl/α,β-unsaturated/α-hetero) is 2. The van der Waals surface area contributed by atoms with Gasteiger partial charge in [-0.05, 0) is 23.6 Å². The van der Waals surface area contributed by atoms with Crippen LogP contribution in [0.1, 0.15) is 31.2 Å². The molecule has 0 radical (unpaired) electrons. The van der Waals surface area contributed by atoms with Crippen LogP contribution in [-0.2, 0) is 14.4 Å². The minimum absolute atomic E-state index is 0.0881. The standard InChI is InChI=1S/C23H31N3O5/c1-16(27)26-10-8-25(9-11-26)7-6-24-15-19-20(28)12-18(13-21(19)29)17-4-5-22(30-2)23(14-17)31-3/h4-5,14-15,18-19H,6-13H2,1-3H3. The van der Waals surface area contributed by atoms with Gasteiger partial charge in [-0.2, -0.15) is 0 Å². The Labute approximate surface area is 183 Å². The van der Waals surface area contributed by atoms with Crippen molar-refractivity contribution < 1.29 is 23.9 Å². The molecule has 1 saturated heterocycles. The molecule has 2 fully saturated rings. The van der Waals surface area contributed by atoms with Gasteiger partial charge in [0.25, 0.3) is 0 Å². The van der Waals surface area contributed by atoms with E-state index in [0.29, 0.717) is 30.9 Å². The summed E-state index contributed by atoms with van der Waals surface area (Å²) in [5.74, 6) is 0.247. The summed E-state index contributed by atoms with van der Waals surface area (Å²) in [7, 11) is 3.13. The Balaban J connectivity index is 1.51. The molecule has 1 heterocycles. The number of piperazine rings is 1. The molecule has 0 N–H and O–H groups in total. The second-order valence-corrected chi connectivity index (χ2v) is 8.03. The molecule has 0 spiro atoms. The van der Waals surface area contributed by atoms with E-state index in [1.54, 1.807) is 27.2 Å². The fraction of sp³-hybridized carbons (Fsp3) is 0.565. The smallest absolute Gasteiger partial charge is 0.219 e.